The highest BCUT2D eigenvalue weighted by Gasteiger charge is 2.20. The average Bonchev–Trinajstić information content (AvgIpc) is 2.89. The van der Waals surface area contributed by atoms with E-state index in [0.717, 1.165) is 11.1 Å². The van der Waals surface area contributed by atoms with Gasteiger partial charge in [-0.3, -0.25) is 14.4 Å². The first-order valence-corrected chi connectivity index (χ1v) is 8.35. The number of fused-ring (bicyclic) bond motifs is 1. The highest BCUT2D eigenvalue weighted by Crippen LogP contribution is 2.34. The molecule has 1 N–H and O–H groups in total. The standard InChI is InChI=1S/C15H16N4O3S/c1-10-4-6-12(9-16-10)23(20,21)18-14-13(22-3)7-5-11-8-17-19(2)15(11)14/h4-9,18H,1-3H3. The number of aromatic nitrogens is 3. The first-order chi connectivity index (χ1) is 10.9. The summed E-state index contributed by atoms with van der Waals surface area (Å²) in [4.78, 5) is 4.12. The van der Waals surface area contributed by atoms with Crippen LogP contribution in [0.1, 0.15) is 5.69 Å². The van der Waals surface area contributed by atoms with Gasteiger partial charge < -0.3 is 4.74 Å². The zero-order valence-corrected chi connectivity index (χ0v) is 13.8. The molecule has 0 radical (unpaired) electrons. The number of methoxy groups -OCH3 is 1. The van der Waals surface area contributed by atoms with Gasteiger partial charge in [-0.25, -0.2) is 8.42 Å². The summed E-state index contributed by atoms with van der Waals surface area (Å²) in [7, 11) is -0.550. The maximum atomic E-state index is 12.6. The molecule has 3 aromatic rings. The number of ether oxygens (including phenoxy) is 1. The number of hydrogen-bond donors (Lipinski definition) is 1. The van der Waals surface area contributed by atoms with Gasteiger partial charge in [-0.1, -0.05) is 0 Å². The van der Waals surface area contributed by atoms with Crippen LogP contribution in [-0.2, 0) is 17.1 Å². The number of nitrogens with zero attached hydrogens (tertiary/aromatic N) is 3. The SMILES string of the molecule is COc1ccc2cnn(C)c2c1NS(=O)(=O)c1ccc(C)nc1. The van der Waals surface area contributed by atoms with Gasteiger partial charge in [0.15, 0.2) is 0 Å². The fraction of sp³-hybridized carbons (Fsp3) is 0.200. The minimum Gasteiger partial charge on any atom is -0.494 e. The Labute approximate surface area is 134 Å². The third-order valence-corrected chi connectivity index (χ3v) is 4.85. The Bertz CT molecular complexity index is 962. The average molecular weight is 332 g/mol. The fourth-order valence-electron chi connectivity index (χ4n) is 2.32. The van der Waals surface area contributed by atoms with Crippen molar-refractivity contribution in [3.05, 3.63) is 42.4 Å². The molecule has 0 saturated heterocycles. The quantitative estimate of drug-likeness (QED) is 0.790. The lowest BCUT2D eigenvalue weighted by Crippen LogP contribution is -2.15. The maximum absolute atomic E-state index is 12.6. The zero-order valence-electron chi connectivity index (χ0n) is 12.9. The van der Waals surface area contributed by atoms with Gasteiger partial charge in [-0.2, -0.15) is 5.10 Å². The van der Waals surface area contributed by atoms with Crippen LogP contribution in [-0.4, -0.2) is 30.3 Å². The van der Waals surface area contributed by atoms with Crippen LogP contribution in [0.4, 0.5) is 5.69 Å². The number of anilines is 1. The van der Waals surface area contributed by atoms with Gasteiger partial charge in [-0.05, 0) is 31.2 Å². The van der Waals surface area contributed by atoms with Crippen LogP contribution in [0.2, 0.25) is 0 Å². The molecule has 120 valence electrons. The molecule has 23 heavy (non-hydrogen) atoms. The number of benzene rings is 1. The van der Waals surface area contributed by atoms with E-state index < -0.39 is 10.0 Å². The molecule has 0 amide bonds. The van der Waals surface area contributed by atoms with Crippen LogP contribution in [0.15, 0.2) is 41.6 Å². The molecule has 0 saturated carbocycles. The van der Waals surface area contributed by atoms with E-state index in [1.807, 2.05) is 6.07 Å². The molecule has 0 atom stereocenters. The third kappa shape index (κ3) is 2.72. The van der Waals surface area contributed by atoms with E-state index in [1.54, 1.807) is 37.0 Å². The van der Waals surface area contributed by atoms with E-state index in [9.17, 15) is 8.42 Å². The lowest BCUT2D eigenvalue weighted by molar-refractivity contribution is 0.417. The Hall–Kier alpha value is -2.61. The van der Waals surface area contributed by atoms with Crippen molar-refractivity contribution in [1.82, 2.24) is 14.8 Å². The van der Waals surface area contributed by atoms with E-state index in [-0.39, 0.29) is 4.90 Å². The van der Waals surface area contributed by atoms with Crippen LogP contribution in [0.25, 0.3) is 10.9 Å². The number of hydrogen-bond acceptors (Lipinski definition) is 5. The minimum atomic E-state index is -3.78. The van der Waals surface area contributed by atoms with E-state index >= 15 is 0 Å². The lowest BCUT2D eigenvalue weighted by atomic mass is 10.2. The van der Waals surface area contributed by atoms with Crippen LogP contribution < -0.4 is 9.46 Å². The number of rotatable bonds is 4. The molecule has 0 bridgehead atoms. The van der Waals surface area contributed by atoms with Crippen molar-refractivity contribution in [2.45, 2.75) is 11.8 Å². The molecule has 0 unspecified atom stereocenters. The summed E-state index contributed by atoms with van der Waals surface area (Å²) in [6.07, 6.45) is 2.99. The van der Waals surface area contributed by atoms with Crippen LogP contribution in [0.5, 0.6) is 5.75 Å². The molecular weight excluding hydrogens is 316 g/mol. The Morgan fingerprint density at radius 1 is 1.17 bits per heavy atom. The van der Waals surface area contributed by atoms with Gasteiger partial charge in [0.2, 0.25) is 0 Å². The Morgan fingerprint density at radius 2 is 1.96 bits per heavy atom. The Morgan fingerprint density at radius 3 is 2.61 bits per heavy atom. The topological polar surface area (TPSA) is 86.1 Å². The molecule has 0 aliphatic heterocycles. The Kier molecular flexibility index (Phi) is 3.69. The lowest BCUT2D eigenvalue weighted by Gasteiger charge is -2.13. The number of nitrogens with one attached hydrogen (secondary N) is 1. The molecule has 0 aliphatic rings. The minimum absolute atomic E-state index is 0.0873. The molecule has 2 heterocycles. The van der Waals surface area contributed by atoms with E-state index in [1.165, 1.54) is 19.4 Å². The summed E-state index contributed by atoms with van der Waals surface area (Å²) < 4.78 is 34.7. The van der Waals surface area contributed by atoms with Gasteiger partial charge in [0.05, 0.1) is 18.8 Å². The van der Waals surface area contributed by atoms with Crippen molar-refractivity contribution >= 4 is 26.6 Å². The molecule has 0 spiro atoms. The first-order valence-electron chi connectivity index (χ1n) is 6.86. The number of pyridine rings is 1. The summed E-state index contributed by atoms with van der Waals surface area (Å²) in [6.45, 7) is 1.79. The normalized spacial score (nSPS) is 11.6. The van der Waals surface area contributed by atoms with Crippen molar-refractivity contribution in [3.8, 4) is 5.75 Å². The van der Waals surface area contributed by atoms with E-state index in [4.69, 9.17) is 4.74 Å². The van der Waals surface area contributed by atoms with Gasteiger partial charge in [0, 0.05) is 24.3 Å². The molecular formula is C15H16N4O3S. The maximum Gasteiger partial charge on any atom is 0.263 e. The van der Waals surface area contributed by atoms with Gasteiger partial charge >= 0.3 is 0 Å². The molecule has 2 aromatic heterocycles. The molecule has 1 aromatic carbocycles. The molecule has 8 heteroatoms. The van der Waals surface area contributed by atoms with Gasteiger partial charge in [0.25, 0.3) is 10.0 Å². The van der Waals surface area contributed by atoms with Crippen molar-refractivity contribution in [3.63, 3.8) is 0 Å². The van der Waals surface area contributed by atoms with Crippen molar-refractivity contribution in [2.24, 2.45) is 7.05 Å². The number of aryl methyl sites for hydroxylation is 2. The Balaban J connectivity index is 2.13. The van der Waals surface area contributed by atoms with E-state index in [2.05, 4.69) is 14.8 Å². The van der Waals surface area contributed by atoms with Crippen molar-refractivity contribution in [2.75, 3.05) is 11.8 Å². The largest absolute Gasteiger partial charge is 0.494 e. The van der Waals surface area contributed by atoms with E-state index in [0.29, 0.717) is 17.0 Å². The van der Waals surface area contributed by atoms with Crippen molar-refractivity contribution < 1.29 is 13.2 Å². The summed E-state index contributed by atoms with van der Waals surface area (Å²) in [5.41, 5.74) is 1.74. The predicted octanol–water partition coefficient (Wildman–Crippen LogP) is 2.09. The summed E-state index contributed by atoms with van der Waals surface area (Å²) in [5.74, 6) is 0.421. The summed E-state index contributed by atoms with van der Waals surface area (Å²) >= 11 is 0. The zero-order chi connectivity index (χ0) is 16.6. The van der Waals surface area contributed by atoms with Crippen molar-refractivity contribution in [1.29, 1.82) is 0 Å². The smallest absolute Gasteiger partial charge is 0.263 e. The highest BCUT2D eigenvalue weighted by atomic mass is 32.2. The third-order valence-electron chi connectivity index (χ3n) is 3.52. The molecule has 0 aliphatic carbocycles. The van der Waals surface area contributed by atoms with Gasteiger partial charge in [-0.15, -0.1) is 0 Å². The second-order valence-electron chi connectivity index (χ2n) is 5.09. The molecule has 7 nitrogen and oxygen atoms in total. The molecule has 3 rings (SSSR count). The second kappa shape index (κ2) is 5.54. The summed E-state index contributed by atoms with van der Waals surface area (Å²) in [5, 5.41) is 4.97. The first kappa shape index (κ1) is 15.3. The predicted molar refractivity (Wildman–Crippen MR) is 87.0 cm³/mol. The van der Waals surface area contributed by atoms with Crippen LogP contribution in [0, 0.1) is 6.92 Å². The highest BCUT2D eigenvalue weighted by molar-refractivity contribution is 7.92. The van der Waals surface area contributed by atoms with Crippen LogP contribution >= 0.6 is 0 Å². The molecule has 0 fully saturated rings. The van der Waals surface area contributed by atoms with Crippen LogP contribution in [0.3, 0.4) is 0 Å². The fourth-order valence-corrected chi connectivity index (χ4v) is 3.35. The van der Waals surface area contributed by atoms with Gasteiger partial charge in [0.1, 0.15) is 16.3 Å². The number of sulfonamides is 1. The second-order valence-corrected chi connectivity index (χ2v) is 6.77. The summed E-state index contributed by atoms with van der Waals surface area (Å²) in [6, 6.07) is 6.69. The monoisotopic (exact) mass is 332 g/mol.